The zero-order valence-corrected chi connectivity index (χ0v) is 14.3. The lowest BCUT2D eigenvalue weighted by atomic mass is 9.92. The third-order valence-electron chi connectivity index (χ3n) is 4.67. The summed E-state index contributed by atoms with van der Waals surface area (Å²) in [6, 6.07) is 15.6. The molecule has 1 saturated heterocycles. The van der Waals surface area contributed by atoms with Gasteiger partial charge in [0.1, 0.15) is 5.75 Å². The fourth-order valence-corrected chi connectivity index (χ4v) is 3.45. The van der Waals surface area contributed by atoms with E-state index in [0.29, 0.717) is 6.04 Å². The van der Waals surface area contributed by atoms with E-state index in [-0.39, 0.29) is 0 Å². The van der Waals surface area contributed by atoms with E-state index in [4.69, 9.17) is 4.74 Å². The van der Waals surface area contributed by atoms with Crippen LogP contribution in [-0.4, -0.2) is 38.2 Å². The van der Waals surface area contributed by atoms with Crippen molar-refractivity contribution in [1.82, 2.24) is 10.2 Å². The van der Waals surface area contributed by atoms with Crippen LogP contribution in [0.15, 0.2) is 42.5 Å². The highest BCUT2D eigenvalue weighted by molar-refractivity contribution is 5.40. The largest absolute Gasteiger partial charge is 0.497 e. The van der Waals surface area contributed by atoms with Crippen LogP contribution in [0.1, 0.15) is 28.3 Å². The summed E-state index contributed by atoms with van der Waals surface area (Å²) in [6.45, 7) is 8.63. The number of benzene rings is 2. The Bertz CT molecular complexity index is 645. The smallest absolute Gasteiger partial charge is 0.118 e. The Hall–Kier alpha value is -1.84. The van der Waals surface area contributed by atoms with Crippen molar-refractivity contribution in [2.45, 2.75) is 19.9 Å². The van der Waals surface area contributed by atoms with Gasteiger partial charge in [-0.3, -0.25) is 4.90 Å². The Morgan fingerprint density at radius 3 is 2.30 bits per heavy atom. The lowest BCUT2D eigenvalue weighted by Crippen LogP contribution is -2.45. The number of hydrogen-bond donors (Lipinski definition) is 1. The standard InChI is InChI=1S/C20H26N2O/c1-15-4-9-19(16(2)14-15)20(22-12-10-21-11-13-22)17-5-7-18(23-3)8-6-17/h4-9,14,20-21H,10-13H2,1-3H3. The summed E-state index contributed by atoms with van der Waals surface area (Å²) in [5, 5.41) is 3.45. The summed E-state index contributed by atoms with van der Waals surface area (Å²) < 4.78 is 5.32. The van der Waals surface area contributed by atoms with Gasteiger partial charge in [-0.2, -0.15) is 0 Å². The van der Waals surface area contributed by atoms with Crippen LogP contribution >= 0.6 is 0 Å². The zero-order valence-electron chi connectivity index (χ0n) is 14.3. The van der Waals surface area contributed by atoms with Gasteiger partial charge in [-0.25, -0.2) is 0 Å². The SMILES string of the molecule is COc1ccc(C(c2ccc(C)cc2C)N2CCNCC2)cc1. The van der Waals surface area contributed by atoms with Crippen LogP contribution in [0.2, 0.25) is 0 Å². The highest BCUT2D eigenvalue weighted by Crippen LogP contribution is 2.32. The molecule has 1 unspecified atom stereocenters. The third kappa shape index (κ3) is 3.57. The molecule has 1 heterocycles. The first kappa shape index (κ1) is 16.0. The molecule has 2 aromatic rings. The number of hydrogen-bond acceptors (Lipinski definition) is 3. The molecule has 1 aliphatic heterocycles. The van der Waals surface area contributed by atoms with Crippen LogP contribution in [-0.2, 0) is 0 Å². The molecule has 1 N–H and O–H groups in total. The van der Waals surface area contributed by atoms with E-state index < -0.39 is 0 Å². The second-order valence-electron chi connectivity index (χ2n) is 6.32. The first-order valence-corrected chi connectivity index (χ1v) is 8.35. The molecule has 0 aliphatic carbocycles. The van der Waals surface area contributed by atoms with Crippen LogP contribution in [0.25, 0.3) is 0 Å². The van der Waals surface area contributed by atoms with E-state index in [0.717, 1.165) is 31.9 Å². The fraction of sp³-hybridized carbons (Fsp3) is 0.400. The molecule has 0 amide bonds. The molecule has 1 atom stereocenters. The number of aryl methyl sites for hydroxylation is 2. The maximum atomic E-state index is 5.32. The number of nitrogens with zero attached hydrogens (tertiary/aromatic N) is 1. The normalized spacial score (nSPS) is 17.0. The molecular weight excluding hydrogens is 284 g/mol. The number of piperazine rings is 1. The van der Waals surface area contributed by atoms with Crippen molar-refractivity contribution in [3.8, 4) is 5.75 Å². The van der Waals surface area contributed by atoms with Gasteiger partial charge < -0.3 is 10.1 Å². The molecule has 122 valence electrons. The van der Waals surface area contributed by atoms with E-state index in [1.54, 1.807) is 7.11 Å². The summed E-state index contributed by atoms with van der Waals surface area (Å²) in [4.78, 5) is 2.58. The minimum Gasteiger partial charge on any atom is -0.497 e. The van der Waals surface area contributed by atoms with E-state index >= 15 is 0 Å². The molecule has 3 heteroatoms. The quantitative estimate of drug-likeness (QED) is 0.938. The van der Waals surface area contributed by atoms with Gasteiger partial charge in [0.25, 0.3) is 0 Å². The van der Waals surface area contributed by atoms with E-state index in [1.165, 1.54) is 22.3 Å². The maximum absolute atomic E-state index is 5.32. The number of nitrogens with one attached hydrogen (secondary N) is 1. The van der Waals surface area contributed by atoms with Gasteiger partial charge in [0, 0.05) is 26.2 Å². The molecule has 2 aromatic carbocycles. The van der Waals surface area contributed by atoms with Crippen molar-refractivity contribution >= 4 is 0 Å². The van der Waals surface area contributed by atoms with Crippen molar-refractivity contribution in [2.75, 3.05) is 33.3 Å². The molecule has 1 aliphatic rings. The highest BCUT2D eigenvalue weighted by atomic mass is 16.5. The summed E-state index contributed by atoms with van der Waals surface area (Å²) in [5.74, 6) is 0.911. The summed E-state index contributed by atoms with van der Waals surface area (Å²) in [6.07, 6.45) is 0. The predicted octanol–water partition coefficient (Wildman–Crippen LogP) is 3.31. The van der Waals surface area contributed by atoms with Crippen molar-refractivity contribution < 1.29 is 4.74 Å². The molecule has 23 heavy (non-hydrogen) atoms. The number of ether oxygens (including phenoxy) is 1. The van der Waals surface area contributed by atoms with E-state index in [2.05, 4.69) is 66.5 Å². The fourth-order valence-electron chi connectivity index (χ4n) is 3.45. The Labute approximate surface area is 139 Å². The summed E-state index contributed by atoms with van der Waals surface area (Å²) >= 11 is 0. The third-order valence-corrected chi connectivity index (χ3v) is 4.67. The second kappa shape index (κ2) is 7.16. The summed E-state index contributed by atoms with van der Waals surface area (Å²) in [5.41, 5.74) is 5.42. The Morgan fingerprint density at radius 1 is 1.00 bits per heavy atom. The number of methoxy groups -OCH3 is 1. The molecule has 3 rings (SSSR count). The molecule has 0 spiro atoms. The van der Waals surface area contributed by atoms with E-state index in [9.17, 15) is 0 Å². The van der Waals surface area contributed by atoms with Crippen LogP contribution in [0, 0.1) is 13.8 Å². The summed E-state index contributed by atoms with van der Waals surface area (Å²) in [7, 11) is 1.72. The van der Waals surface area contributed by atoms with Crippen LogP contribution in [0.3, 0.4) is 0 Å². The molecule has 0 radical (unpaired) electrons. The Kier molecular flexibility index (Phi) is 4.99. The van der Waals surface area contributed by atoms with Crippen molar-refractivity contribution in [1.29, 1.82) is 0 Å². The van der Waals surface area contributed by atoms with Crippen molar-refractivity contribution in [2.24, 2.45) is 0 Å². The average Bonchev–Trinajstić information content (AvgIpc) is 2.59. The molecule has 0 saturated carbocycles. The predicted molar refractivity (Wildman–Crippen MR) is 95.2 cm³/mol. The molecule has 0 aromatic heterocycles. The van der Waals surface area contributed by atoms with Crippen LogP contribution in [0.4, 0.5) is 0 Å². The zero-order chi connectivity index (χ0) is 16.2. The molecule has 3 nitrogen and oxygen atoms in total. The monoisotopic (exact) mass is 310 g/mol. The highest BCUT2D eigenvalue weighted by Gasteiger charge is 2.25. The van der Waals surface area contributed by atoms with Gasteiger partial charge in [0.05, 0.1) is 13.2 Å². The van der Waals surface area contributed by atoms with Crippen LogP contribution in [0.5, 0.6) is 5.75 Å². The first-order chi connectivity index (χ1) is 11.2. The minimum absolute atomic E-state index is 0.309. The molecular formula is C20H26N2O. The van der Waals surface area contributed by atoms with Crippen LogP contribution < -0.4 is 10.1 Å². The lowest BCUT2D eigenvalue weighted by Gasteiger charge is -2.36. The van der Waals surface area contributed by atoms with Gasteiger partial charge in [0.2, 0.25) is 0 Å². The van der Waals surface area contributed by atoms with Gasteiger partial charge in [0.15, 0.2) is 0 Å². The first-order valence-electron chi connectivity index (χ1n) is 8.35. The lowest BCUT2D eigenvalue weighted by molar-refractivity contribution is 0.198. The average molecular weight is 310 g/mol. The van der Waals surface area contributed by atoms with Gasteiger partial charge in [-0.05, 0) is 42.7 Å². The van der Waals surface area contributed by atoms with Gasteiger partial charge in [-0.15, -0.1) is 0 Å². The number of rotatable bonds is 4. The second-order valence-corrected chi connectivity index (χ2v) is 6.32. The van der Waals surface area contributed by atoms with Gasteiger partial charge in [-0.1, -0.05) is 35.9 Å². The minimum atomic E-state index is 0.309. The van der Waals surface area contributed by atoms with E-state index in [1.807, 2.05) is 0 Å². The Balaban J connectivity index is 2.01. The topological polar surface area (TPSA) is 24.5 Å². The molecule has 0 bridgehead atoms. The Morgan fingerprint density at radius 2 is 1.70 bits per heavy atom. The molecule has 1 fully saturated rings. The van der Waals surface area contributed by atoms with Crippen molar-refractivity contribution in [3.05, 3.63) is 64.7 Å². The van der Waals surface area contributed by atoms with Crippen molar-refractivity contribution in [3.63, 3.8) is 0 Å². The van der Waals surface area contributed by atoms with Gasteiger partial charge >= 0.3 is 0 Å². The maximum Gasteiger partial charge on any atom is 0.118 e.